The van der Waals surface area contributed by atoms with Gasteiger partial charge in [0.15, 0.2) is 11.4 Å². The summed E-state index contributed by atoms with van der Waals surface area (Å²) in [6, 6.07) is 7.28. The van der Waals surface area contributed by atoms with Gasteiger partial charge in [0.2, 0.25) is 0 Å². The highest BCUT2D eigenvalue weighted by atomic mass is 32.1. The first-order valence-corrected chi connectivity index (χ1v) is 6.45. The zero-order chi connectivity index (χ0) is 16.1. The standard InChI is InChI=1S/C13H11N3O5S/c17-10-5-9(15-13(22)16-10)14-12(20)7-3-1-2-4-8(7)21-6-11(18)19/h1-5H,6H2,(H,18,19)(H3,14,15,16,17,20,22). The number of aliphatic carboxylic acids is 1. The minimum Gasteiger partial charge on any atom is -0.481 e. The van der Waals surface area contributed by atoms with Gasteiger partial charge in [-0.3, -0.25) is 14.6 Å². The molecule has 0 atom stereocenters. The van der Waals surface area contributed by atoms with E-state index in [4.69, 9.17) is 22.1 Å². The van der Waals surface area contributed by atoms with E-state index >= 15 is 0 Å². The lowest BCUT2D eigenvalue weighted by Gasteiger charge is -2.10. The molecule has 0 bridgehead atoms. The van der Waals surface area contributed by atoms with Crippen molar-refractivity contribution in [3.8, 4) is 5.75 Å². The van der Waals surface area contributed by atoms with Crippen molar-refractivity contribution in [2.45, 2.75) is 0 Å². The molecule has 2 rings (SSSR count). The Morgan fingerprint density at radius 2 is 2.00 bits per heavy atom. The number of ether oxygens (including phenoxy) is 1. The lowest BCUT2D eigenvalue weighted by atomic mass is 10.2. The molecule has 0 aliphatic heterocycles. The number of rotatable bonds is 5. The van der Waals surface area contributed by atoms with Crippen LogP contribution in [0.4, 0.5) is 5.82 Å². The quantitative estimate of drug-likeness (QED) is 0.612. The maximum atomic E-state index is 12.2. The maximum Gasteiger partial charge on any atom is 0.341 e. The fourth-order valence-corrected chi connectivity index (χ4v) is 1.86. The van der Waals surface area contributed by atoms with Crippen LogP contribution >= 0.6 is 12.2 Å². The lowest BCUT2D eigenvalue weighted by molar-refractivity contribution is -0.139. The van der Waals surface area contributed by atoms with Gasteiger partial charge in [-0.05, 0) is 24.4 Å². The summed E-state index contributed by atoms with van der Waals surface area (Å²) in [5.41, 5.74) is -0.335. The molecule has 2 aromatic rings. The number of hydrogen-bond acceptors (Lipinski definition) is 5. The third-order valence-corrected chi connectivity index (χ3v) is 2.70. The second-order valence-corrected chi connectivity index (χ2v) is 4.54. The van der Waals surface area contributed by atoms with Crippen molar-refractivity contribution >= 4 is 29.9 Å². The first kappa shape index (κ1) is 15.4. The average molecular weight is 321 g/mol. The van der Waals surface area contributed by atoms with Crippen LogP contribution in [0.15, 0.2) is 35.1 Å². The molecule has 1 aromatic heterocycles. The van der Waals surface area contributed by atoms with Crippen LogP contribution in [0.2, 0.25) is 0 Å². The van der Waals surface area contributed by atoms with Crippen LogP contribution < -0.4 is 15.6 Å². The smallest absolute Gasteiger partial charge is 0.341 e. The largest absolute Gasteiger partial charge is 0.481 e. The Kier molecular flexibility index (Phi) is 4.69. The number of aromatic nitrogens is 2. The number of carboxylic acids is 1. The first-order valence-electron chi connectivity index (χ1n) is 6.04. The van der Waals surface area contributed by atoms with E-state index in [1.807, 2.05) is 0 Å². The molecule has 0 fully saturated rings. The predicted molar refractivity (Wildman–Crippen MR) is 79.8 cm³/mol. The van der Waals surface area contributed by atoms with Gasteiger partial charge < -0.3 is 20.1 Å². The number of H-pyrrole nitrogens is 2. The summed E-state index contributed by atoms with van der Waals surface area (Å²) >= 11 is 4.80. The summed E-state index contributed by atoms with van der Waals surface area (Å²) in [6.45, 7) is -0.572. The number of amides is 1. The normalized spacial score (nSPS) is 10.0. The van der Waals surface area contributed by atoms with E-state index < -0.39 is 24.0 Å². The summed E-state index contributed by atoms with van der Waals surface area (Å²) in [7, 11) is 0. The number of carbonyl (C=O) groups is 2. The minimum atomic E-state index is -1.16. The van der Waals surface area contributed by atoms with Crippen molar-refractivity contribution in [2.24, 2.45) is 0 Å². The lowest BCUT2D eigenvalue weighted by Crippen LogP contribution is -2.18. The maximum absolute atomic E-state index is 12.2. The van der Waals surface area contributed by atoms with Crippen LogP contribution in [-0.2, 0) is 4.79 Å². The Morgan fingerprint density at radius 1 is 1.27 bits per heavy atom. The number of benzene rings is 1. The highest BCUT2D eigenvalue weighted by Gasteiger charge is 2.13. The van der Waals surface area contributed by atoms with Crippen molar-refractivity contribution < 1.29 is 19.4 Å². The Labute approximate surface area is 128 Å². The predicted octanol–water partition coefficient (Wildman–Crippen LogP) is 1.15. The summed E-state index contributed by atoms with van der Waals surface area (Å²) in [6.07, 6.45) is 0. The zero-order valence-corrected chi connectivity index (χ0v) is 11.9. The van der Waals surface area contributed by atoms with Gasteiger partial charge in [0.05, 0.1) is 5.56 Å². The van der Waals surface area contributed by atoms with Crippen LogP contribution in [0.25, 0.3) is 0 Å². The van der Waals surface area contributed by atoms with Gasteiger partial charge in [0.1, 0.15) is 11.6 Å². The molecule has 0 saturated heterocycles. The van der Waals surface area contributed by atoms with Crippen molar-refractivity contribution in [3.63, 3.8) is 0 Å². The Bertz CT molecular complexity index is 798. The monoisotopic (exact) mass is 321 g/mol. The van der Waals surface area contributed by atoms with E-state index in [2.05, 4.69) is 15.3 Å². The number of para-hydroxylation sites is 1. The molecule has 114 valence electrons. The van der Waals surface area contributed by atoms with Crippen molar-refractivity contribution in [3.05, 3.63) is 51.0 Å². The number of carboxylic acid groups (broad SMARTS) is 1. The van der Waals surface area contributed by atoms with E-state index in [0.29, 0.717) is 0 Å². The molecular formula is C13H11N3O5S. The van der Waals surface area contributed by atoms with E-state index in [1.54, 1.807) is 12.1 Å². The molecule has 0 aliphatic rings. The van der Waals surface area contributed by atoms with Gasteiger partial charge >= 0.3 is 5.97 Å². The van der Waals surface area contributed by atoms with Crippen LogP contribution in [0.3, 0.4) is 0 Å². The van der Waals surface area contributed by atoms with Gasteiger partial charge in [-0.25, -0.2) is 4.79 Å². The number of nitrogens with one attached hydrogen (secondary N) is 3. The molecule has 1 amide bonds. The molecule has 9 heteroatoms. The molecule has 0 aliphatic carbocycles. The van der Waals surface area contributed by atoms with Crippen molar-refractivity contribution in [2.75, 3.05) is 11.9 Å². The second-order valence-electron chi connectivity index (χ2n) is 4.13. The van der Waals surface area contributed by atoms with Crippen LogP contribution in [0, 0.1) is 4.77 Å². The molecule has 0 spiro atoms. The minimum absolute atomic E-state index is 0.0678. The topological polar surface area (TPSA) is 124 Å². The highest BCUT2D eigenvalue weighted by Crippen LogP contribution is 2.19. The molecule has 1 heterocycles. The Morgan fingerprint density at radius 3 is 2.68 bits per heavy atom. The van der Waals surface area contributed by atoms with Crippen molar-refractivity contribution in [1.29, 1.82) is 0 Å². The van der Waals surface area contributed by atoms with Gasteiger partial charge in [-0.2, -0.15) is 0 Å². The van der Waals surface area contributed by atoms with Gasteiger partial charge in [0.25, 0.3) is 11.5 Å². The zero-order valence-electron chi connectivity index (χ0n) is 11.1. The van der Waals surface area contributed by atoms with Gasteiger partial charge in [-0.15, -0.1) is 0 Å². The molecule has 22 heavy (non-hydrogen) atoms. The number of hydrogen-bond donors (Lipinski definition) is 4. The van der Waals surface area contributed by atoms with Gasteiger partial charge in [0, 0.05) is 6.07 Å². The van der Waals surface area contributed by atoms with Crippen LogP contribution in [0.1, 0.15) is 10.4 Å². The molecule has 0 saturated carbocycles. The van der Waals surface area contributed by atoms with Crippen LogP contribution in [-0.4, -0.2) is 33.6 Å². The third-order valence-electron chi connectivity index (χ3n) is 2.49. The summed E-state index contributed by atoms with van der Waals surface area (Å²) in [5, 5.41) is 11.1. The fraction of sp³-hybridized carbons (Fsp3) is 0.0769. The first-order chi connectivity index (χ1) is 10.5. The molecule has 0 radical (unpaired) electrons. The average Bonchev–Trinajstić information content (AvgIpc) is 2.44. The third kappa shape index (κ3) is 4.03. The van der Waals surface area contributed by atoms with E-state index in [0.717, 1.165) is 6.07 Å². The van der Waals surface area contributed by atoms with E-state index in [9.17, 15) is 14.4 Å². The number of carbonyl (C=O) groups excluding carboxylic acids is 1. The second kappa shape index (κ2) is 6.68. The molecule has 1 aromatic carbocycles. The molecule has 4 N–H and O–H groups in total. The Hall–Kier alpha value is -2.94. The number of anilines is 1. The van der Waals surface area contributed by atoms with E-state index in [-0.39, 0.29) is 21.9 Å². The SMILES string of the molecule is O=C(O)COc1ccccc1C(=O)Nc1cc(=O)[nH]c(=S)[nH]1. The van der Waals surface area contributed by atoms with Crippen LogP contribution in [0.5, 0.6) is 5.75 Å². The summed E-state index contributed by atoms with van der Waals surface area (Å²) < 4.78 is 5.11. The fourth-order valence-electron chi connectivity index (χ4n) is 1.65. The summed E-state index contributed by atoms with van der Waals surface area (Å²) in [5.74, 6) is -1.50. The molecule has 0 unspecified atom stereocenters. The highest BCUT2D eigenvalue weighted by molar-refractivity contribution is 7.71. The molecule has 8 nitrogen and oxygen atoms in total. The Balaban J connectivity index is 2.24. The summed E-state index contributed by atoms with van der Waals surface area (Å²) in [4.78, 5) is 39.0. The van der Waals surface area contributed by atoms with E-state index in [1.165, 1.54) is 12.1 Å². The number of aromatic amines is 2. The molecular weight excluding hydrogens is 310 g/mol. The van der Waals surface area contributed by atoms with Crippen molar-refractivity contribution in [1.82, 2.24) is 9.97 Å². The van der Waals surface area contributed by atoms with Gasteiger partial charge in [-0.1, -0.05) is 12.1 Å².